The monoisotopic (exact) mass is 544 g/mol. The van der Waals surface area contributed by atoms with Gasteiger partial charge in [-0.2, -0.15) is 0 Å². The molecule has 0 bridgehead atoms. The summed E-state index contributed by atoms with van der Waals surface area (Å²) in [5, 5.41) is 5.07. The van der Waals surface area contributed by atoms with Crippen LogP contribution in [0.3, 0.4) is 0 Å². The number of hydrogen-bond donors (Lipinski definition) is 2. The molecule has 11 heteroatoms. The van der Waals surface area contributed by atoms with Crippen molar-refractivity contribution >= 4 is 58.6 Å². The van der Waals surface area contributed by atoms with Gasteiger partial charge in [0, 0.05) is 18.0 Å². The molecule has 1 aromatic carbocycles. The van der Waals surface area contributed by atoms with Gasteiger partial charge in [0.25, 0.3) is 17.1 Å². The predicted molar refractivity (Wildman–Crippen MR) is 144 cm³/mol. The summed E-state index contributed by atoms with van der Waals surface area (Å²) >= 11 is 2.47. The van der Waals surface area contributed by atoms with E-state index in [4.69, 9.17) is 0 Å². The number of carbonyl (C=O) groups excluding carboxylic acids is 5. The van der Waals surface area contributed by atoms with Gasteiger partial charge in [0.15, 0.2) is 0 Å². The van der Waals surface area contributed by atoms with Gasteiger partial charge >= 0.3 is 6.03 Å². The average Bonchev–Trinajstić information content (AvgIpc) is 3.19. The van der Waals surface area contributed by atoms with Crippen molar-refractivity contribution in [3.05, 3.63) is 34.7 Å². The maximum Gasteiger partial charge on any atom is 0.325 e. The van der Waals surface area contributed by atoms with Gasteiger partial charge in [-0.25, -0.2) is 4.79 Å². The van der Waals surface area contributed by atoms with E-state index < -0.39 is 35.2 Å². The highest BCUT2D eigenvalue weighted by molar-refractivity contribution is 8.18. The topological polar surface area (TPSA) is 116 Å². The second-order valence-corrected chi connectivity index (χ2v) is 12.6. The molecule has 3 fully saturated rings. The van der Waals surface area contributed by atoms with Crippen LogP contribution in [0.2, 0.25) is 0 Å². The summed E-state index contributed by atoms with van der Waals surface area (Å²) < 4.78 is 0. The van der Waals surface area contributed by atoms with Crippen LogP contribution in [0.25, 0.3) is 6.08 Å². The molecule has 0 unspecified atom stereocenters. The first-order chi connectivity index (χ1) is 17.4. The Labute approximate surface area is 225 Å². The summed E-state index contributed by atoms with van der Waals surface area (Å²) in [5.41, 5.74) is -0.252. The SMILES string of the molecule is CSc1ccc(/C=C2/SC(=O)N(CCNC(=O)CN3C(=O)N[C@@]4(C[C@@H](C)CC(C)(C)C4)C3=O)C2=O)cc1. The summed E-state index contributed by atoms with van der Waals surface area (Å²) in [6.07, 6.45) is 5.69. The fraction of sp³-hybridized carbons (Fsp3) is 0.500. The van der Waals surface area contributed by atoms with Gasteiger partial charge in [0.2, 0.25) is 5.91 Å². The predicted octanol–water partition coefficient (Wildman–Crippen LogP) is 3.70. The van der Waals surface area contributed by atoms with Gasteiger partial charge in [-0.15, -0.1) is 11.8 Å². The fourth-order valence-corrected chi connectivity index (χ4v) is 6.97. The van der Waals surface area contributed by atoms with Gasteiger partial charge < -0.3 is 10.6 Å². The van der Waals surface area contributed by atoms with Gasteiger partial charge in [-0.05, 0) is 72.4 Å². The first kappa shape index (κ1) is 27.3. The standard InChI is InChI=1S/C26H32N4O5S2/c1-16-12-25(2,3)15-26(13-16)22(33)30(23(34)28-26)14-20(31)27-9-10-29-21(32)19(37-24(29)35)11-17-5-7-18(36-4)8-6-17/h5-8,11,16H,9-10,12-15H2,1-4H3,(H,27,31)(H,28,34)/b19-11+/t16-,26+/m0/s1. The van der Waals surface area contributed by atoms with E-state index >= 15 is 0 Å². The molecule has 1 aromatic rings. The second kappa shape index (κ2) is 10.5. The lowest BCUT2D eigenvalue weighted by Gasteiger charge is -2.43. The first-order valence-corrected chi connectivity index (χ1v) is 14.3. The van der Waals surface area contributed by atoms with E-state index in [9.17, 15) is 24.0 Å². The van der Waals surface area contributed by atoms with Crippen molar-refractivity contribution in [3.63, 3.8) is 0 Å². The highest BCUT2D eigenvalue weighted by Gasteiger charge is 2.56. The van der Waals surface area contributed by atoms with E-state index in [1.807, 2.05) is 30.5 Å². The average molecular weight is 545 g/mol. The normalized spacial score (nSPS) is 26.4. The Bertz CT molecular complexity index is 1170. The summed E-state index contributed by atoms with van der Waals surface area (Å²) in [7, 11) is 0. The Morgan fingerprint density at radius 3 is 2.51 bits per heavy atom. The van der Waals surface area contributed by atoms with Crippen LogP contribution >= 0.6 is 23.5 Å². The van der Waals surface area contributed by atoms with E-state index in [0.717, 1.165) is 38.4 Å². The van der Waals surface area contributed by atoms with Crippen molar-refractivity contribution in [1.82, 2.24) is 20.4 Å². The van der Waals surface area contributed by atoms with Crippen LogP contribution < -0.4 is 10.6 Å². The molecule has 2 N–H and O–H groups in total. The minimum atomic E-state index is -0.970. The highest BCUT2D eigenvalue weighted by Crippen LogP contribution is 2.46. The number of carbonyl (C=O) groups is 5. The zero-order chi connectivity index (χ0) is 27.0. The molecular weight excluding hydrogens is 512 g/mol. The lowest BCUT2D eigenvalue weighted by atomic mass is 9.64. The number of nitrogens with one attached hydrogen (secondary N) is 2. The molecule has 0 aromatic heterocycles. The largest absolute Gasteiger partial charge is 0.353 e. The summed E-state index contributed by atoms with van der Waals surface area (Å²) in [6, 6.07) is 7.09. The number of thioether (sulfide) groups is 2. The number of benzene rings is 1. The van der Waals surface area contributed by atoms with Crippen LogP contribution in [-0.2, 0) is 14.4 Å². The zero-order valence-corrected chi connectivity index (χ0v) is 23.1. The van der Waals surface area contributed by atoms with Crippen LogP contribution in [-0.4, -0.2) is 70.2 Å². The van der Waals surface area contributed by atoms with Crippen LogP contribution in [0.4, 0.5) is 9.59 Å². The van der Waals surface area contributed by atoms with Crippen molar-refractivity contribution in [3.8, 4) is 0 Å². The van der Waals surface area contributed by atoms with Gasteiger partial charge in [-0.1, -0.05) is 32.9 Å². The van der Waals surface area contributed by atoms with Crippen LogP contribution in [0.15, 0.2) is 34.1 Å². The molecule has 0 radical (unpaired) electrons. The summed E-state index contributed by atoms with van der Waals surface area (Å²) in [4.78, 5) is 67.0. The number of nitrogens with zero attached hydrogens (tertiary/aromatic N) is 2. The molecule has 4 rings (SSSR count). The molecule has 1 spiro atoms. The molecule has 1 aliphatic carbocycles. The minimum Gasteiger partial charge on any atom is -0.353 e. The summed E-state index contributed by atoms with van der Waals surface area (Å²) in [5.74, 6) is -1.04. The molecule has 198 valence electrons. The maximum absolute atomic E-state index is 13.2. The molecule has 2 aliphatic heterocycles. The highest BCUT2D eigenvalue weighted by atomic mass is 32.2. The molecule has 3 aliphatic rings. The smallest absolute Gasteiger partial charge is 0.325 e. The lowest BCUT2D eigenvalue weighted by Crippen LogP contribution is -2.54. The van der Waals surface area contributed by atoms with Crippen LogP contribution in [0, 0.1) is 11.3 Å². The molecule has 37 heavy (non-hydrogen) atoms. The van der Waals surface area contributed by atoms with E-state index in [1.54, 1.807) is 17.8 Å². The molecule has 2 saturated heterocycles. The molecule has 1 saturated carbocycles. The van der Waals surface area contributed by atoms with Crippen molar-refractivity contribution in [2.24, 2.45) is 11.3 Å². The molecule has 2 heterocycles. The Morgan fingerprint density at radius 2 is 1.86 bits per heavy atom. The second-order valence-electron chi connectivity index (χ2n) is 10.7. The number of hydrogen-bond acceptors (Lipinski definition) is 7. The Kier molecular flexibility index (Phi) is 7.75. The molecule has 2 atom stereocenters. The quantitative estimate of drug-likeness (QED) is 0.306. The summed E-state index contributed by atoms with van der Waals surface area (Å²) in [6.45, 7) is 5.84. The minimum absolute atomic E-state index is 0.00502. The number of imide groups is 2. The van der Waals surface area contributed by atoms with Gasteiger partial charge in [0.05, 0.1) is 4.91 Å². The van der Waals surface area contributed by atoms with Crippen molar-refractivity contribution in [2.45, 2.75) is 50.5 Å². The molecule has 9 nitrogen and oxygen atoms in total. The van der Waals surface area contributed by atoms with Crippen molar-refractivity contribution < 1.29 is 24.0 Å². The van der Waals surface area contributed by atoms with Crippen LogP contribution in [0.1, 0.15) is 45.6 Å². The van der Waals surface area contributed by atoms with Crippen LogP contribution in [0.5, 0.6) is 0 Å². The lowest BCUT2D eigenvalue weighted by molar-refractivity contribution is -0.137. The Hall–Kier alpha value is -2.79. The van der Waals surface area contributed by atoms with E-state index in [1.165, 1.54) is 0 Å². The number of rotatable bonds is 7. The Morgan fingerprint density at radius 1 is 1.16 bits per heavy atom. The number of amides is 6. The van der Waals surface area contributed by atoms with E-state index in [-0.39, 0.29) is 30.3 Å². The number of urea groups is 1. The first-order valence-electron chi connectivity index (χ1n) is 12.2. The fourth-order valence-electron chi connectivity index (χ4n) is 5.70. The maximum atomic E-state index is 13.2. The van der Waals surface area contributed by atoms with Crippen molar-refractivity contribution in [1.29, 1.82) is 0 Å². The molecular formula is C26H32N4O5S2. The van der Waals surface area contributed by atoms with Crippen molar-refractivity contribution in [2.75, 3.05) is 25.9 Å². The van der Waals surface area contributed by atoms with Gasteiger partial charge in [0.1, 0.15) is 12.1 Å². The molecule has 6 amide bonds. The third kappa shape index (κ3) is 5.87. The zero-order valence-electron chi connectivity index (χ0n) is 21.5. The third-order valence-electron chi connectivity index (χ3n) is 6.87. The Balaban J connectivity index is 1.30. The van der Waals surface area contributed by atoms with Gasteiger partial charge in [-0.3, -0.25) is 29.0 Å². The van der Waals surface area contributed by atoms with E-state index in [2.05, 4.69) is 31.4 Å². The third-order valence-corrected chi connectivity index (χ3v) is 8.52. The van der Waals surface area contributed by atoms with E-state index in [0.29, 0.717) is 17.7 Å².